The molecule has 8 heteroatoms. The molecule has 0 aliphatic carbocycles. The Morgan fingerprint density at radius 3 is 2.57 bits per heavy atom. The zero-order valence-corrected chi connectivity index (χ0v) is 13.7. The van der Waals surface area contributed by atoms with Crippen LogP contribution in [0.25, 0.3) is 0 Å². The number of carbonyl (C=O) groups excluding carboxylic acids is 1. The van der Waals surface area contributed by atoms with Gasteiger partial charge >= 0.3 is 12.2 Å². The average Bonchev–Trinajstić information content (AvgIpc) is 2.89. The van der Waals surface area contributed by atoms with Gasteiger partial charge in [-0.25, -0.2) is 4.79 Å². The standard InChI is InChI=1S/C15H14ClF3N2OS/c1-21(14(22)20-8-11-6-7-13(16)23-11)9-10-4-2-3-5-12(10)15(17,18)19/h2-7H,8-9H2,1H3,(H,20,22). The van der Waals surface area contributed by atoms with Gasteiger partial charge in [0.1, 0.15) is 0 Å². The summed E-state index contributed by atoms with van der Waals surface area (Å²) in [6, 6.07) is 8.27. The lowest BCUT2D eigenvalue weighted by molar-refractivity contribution is -0.138. The van der Waals surface area contributed by atoms with Crippen molar-refractivity contribution in [1.82, 2.24) is 10.2 Å². The van der Waals surface area contributed by atoms with Crippen LogP contribution in [0, 0.1) is 0 Å². The molecule has 2 aromatic rings. The van der Waals surface area contributed by atoms with E-state index in [9.17, 15) is 18.0 Å². The number of nitrogens with one attached hydrogen (secondary N) is 1. The summed E-state index contributed by atoms with van der Waals surface area (Å²) in [5.74, 6) is 0. The van der Waals surface area contributed by atoms with Crippen LogP contribution >= 0.6 is 22.9 Å². The summed E-state index contributed by atoms with van der Waals surface area (Å²) >= 11 is 7.13. The maximum absolute atomic E-state index is 12.9. The maximum Gasteiger partial charge on any atom is 0.416 e. The SMILES string of the molecule is CN(Cc1ccccc1C(F)(F)F)C(=O)NCc1ccc(Cl)s1. The van der Waals surface area contributed by atoms with Crippen molar-refractivity contribution >= 4 is 29.0 Å². The number of carbonyl (C=O) groups is 1. The van der Waals surface area contributed by atoms with Crippen molar-refractivity contribution in [3.63, 3.8) is 0 Å². The van der Waals surface area contributed by atoms with Crippen LogP contribution in [-0.4, -0.2) is 18.0 Å². The van der Waals surface area contributed by atoms with E-state index in [0.29, 0.717) is 4.34 Å². The van der Waals surface area contributed by atoms with Crippen molar-refractivity contribution in [3.05, 3.63) is 56.7 Å². The second-order valence-electron chi connectivity index (χ2n) is 4.88. The van der Waals surface area contributed by atoms with E-state index in [1.807, 2.05) is 0 Å². The van der Waals surface area contributed by atoms with Gasteiger partial charge in [0.25, 0.3) is 0 Å². The maximum atomic E-state index is 12.9. The van der Waals surface area contributed by atoms with Gasteiger partial charge in [0.05, 0.1) is 16.4 Å². The lowest BCUT2D eigenvalue weighted by atomic mass is 10.1. The number of urea groups is 1. The number of alkyl halides is 3. The number of rotatable bonds is 4. The molecule has 0 saturated heterocycles. The molecule has 1 aromatic heterocycles. The van der Waals surface area contributed by atoms with Crippen LogP contribution in [0.15, 0.2) is 36.4 Å². The average molecular weight is 363 g/mol. The van der Waals surface area contributed by atoms with E-state index >= 15 is 0 Å². The van der Waals surface area contributed by atoms with E-state index in [1.165, 1.54) is 41.5 Å². The summed E-state index contributed by atoms with van der Waals surface area (Å²) < 4.78 is 39.4. The van der Waals surface area contributed by atoms with Gasteiger partial charge in [0.2, 0.25) is 0 Å². The summed E-state index contributed by atoms with van der Waals surface area (Å²) in [4.78, 5) is 14.1. The van der Waals surface area contributed by atoms with Crippen molar-refractivity contribution in [2.75, 3.05) is 7.05 Å². The minimum Gasteiger partial charge on any atom is -0.333 e. The van der Waals surface area contributed by atoms with Gasteiger partial charge in [-0.05, 0) is 23.8 Å². The van der Waals surface area contributed by atoms with Gasteiger partial charge in [-0.2, -0.15) is 13.2 Å². The molecule has 2 amide bonds. The van der Waals surface area contributed by atoms with Crippen LogP contribution < -0.4 is 5.32 Å². The molecule has 0 unspecified atom stereocenters. The second-order valence-corrected chi connectivity index (χ2v) is 6.68. The Balaban J connectivity index is 1.98. The number of thiophene rings is 1. The van der Waals surface area contributed by atoms with Gasteiger partial charge < -0.3 is 10.2 Å². The summed E-state index contributed by atoms with van der Waals surface area (Å²) in [5.41, 5.74) is -0.679. The molecule has 2 rings (SSSR count). The Hall–Kier alpha value is -1.73. The number of benzene rings is 1. The smallest absolute Gasteiger partial charge is 0.333 e. The highest BCUT2D eigenvalue weighted by Gasteiger charge is 2.33. The zero-order chi connectivity index (χ0) is 17.0. The Morgan fingerprint density at radius 2 is 1.96 bits per heavy atom. The quantitative estimate of drug-likeness (QED) is 0.835. The molecule has 0 bridgehead atoms. The predicted molar refractivity (Wildman–Crippen MR) is 84.5 cm³/mol. The molecule has 0 fully saturated rings. The van der Waals surface area contributed by atoms with Crippen molar-refractivity contribution < 1.29 is 18.0 Å². The van der Waals surface area contributed by atoms with Gasteiger partial charge in [-0.15, -0.1) is 11.3 Å². The highest BCUT2D eigenvalue weighted by molar-refractivity contribution is 7.16. The third-order valence-corrected chi connectivity index (χ3v) is 4.35. The van der Waals surface area contributed by atoms with Crippen LogP contribution in [0.2, 0.25) is 4.34 Å². The fourth-order valence-corrected chi connectivity index (χ4v) is 3.03. The minimum atomic E-state index is -4.44. The van der Waals surface area contributed by atoms with Gasteiger partial charge in [-0.1, -0.05) is 29.8 Å². The Kier molecular flexibility index (Phi) is 5.54. The lowest BCUT2D eigenvalue weighted by Crippen LogP contribution is -2.36. The molecular weight excluding hydrogens is 349 g/mol. The van der Waals surface area contributed by atoms with Gasteiger partial charge in [-0.3, -0.25) is 0 Å². The molecule has 0 saturated carbocycles. The molecule has 0 atom stereocenters. The number of nitrogens with zero attached hydrogens (tertiary/aromatic N) is 1. The van der Waals surface area contributed by atoms with E-state index in [4.69, 9.17) is 11.6 Å². The topological polar surface area (TPSA) is 32.3 Å². The van der Waals surface area contributed by atoms with Crippen molar-refractivity contribution in [2.45, 2.75) is 19.3 Å². The van der Waals surface area contributed by atoms with Crippen molar-refractivity contribution in [2.24, 2.45) is 0 Å². The Bertz CT molecular complexity index is 687. The van der Waals surface area contributed by atoms with Crippen molar-refractivity contribution in [1.29, 1.82) is 0 Å². The monoisotopic (exact) mass is 362 g/mol. The molecule has 0 aliphatic heterocycles. The fraction of sp³-hybridized carbons (Fsp3) is 0.267. The molecule has 124 valence electrons. The van der Waals surface area contributed by atoms with Crippen molar-refractivity contribution in [3.8, 4) is 0 Å². The van der Waals surface area contributed by atoms with Crippen LogP contribution in [0.5, 0.6) is 0 Å². The molecule has 23 heavy (non-hydrogen) atoms. The predicted octanol–water partition coefficient (Wildman–Crippen LogP) is 4.76. The summed E-state index contributed by atoms with van der Waals surface area (Å²) in [7, 11) is 1.45. The van der Waals surface area contributed by atoms with Gasteiger partial charge in [0, 0.05) is 18.5 Å². The Morgan fingerprint density at radius 1 is 1.26 bits per heavy atom. The molecule has 0 radical (unpaired) electrons. The highest BCUT2D eigenvalue weighted by Crippen LogP contribution is 2.32. The van der Waals surface area contributed by atoms with Crippen LogP contribution in [0.4, 0.5) is 18.0 Å². The first-order valence-corrected chi connectivity index (χ1v) is 7.85. The minimum absolute atomic E-state index is 0.0526. The molecule has 1 N–H and O–H groups in total. The van der Waals surface area contributed by atoms with E-state index < -0.39 is 17.8 Å². The summed E-state index contributed by atoms with van der Waals surface area (Å²) in [5, 5.41) is 2.65. The van der Waals surface area contributed by atoms with Crippen LogP contribution in [-0.2, 0) is 19.3 Å². The number of amides is 2. The summed E-state index contributed by atoms with van der Waals surface area (Å²) in [6.45, 7) is 0.147. The largest absolute Gasteiger partial charge is 0.416 e. The van der Waals surface area contributed by atoms with Crippen LogP contribution in [0.3, 0.4) is 0 Å². The van der Waals surface area contributed by atoms with Crippen LogP contribution in [0.1, 0.15) is 16.0 Å². The summed E-state index contributed by atoms with van der Waals surface area (Å²) in [6.07, 6.45) is -4.44. The molecule has 3 nitrogen and oxygen atoms in total. The third kappa shape index (κ3) is 4.87. The van der Waals surface area contributed by atoms with Gasteiger partial charge in [0.15, 0.2) is 0 Å². The van der Waals surface area contributed by atoms with E-state index in [0.717, 1.165) is 10.9 Å². The second kappa shape index (κ2) is 7.23. The Labute approximate surface area is 140 Å². The normalized spacial score (nSPS) is 11.3. The zero-order valence-electron chi connectivity index (χ0n) is 12.2. The molecule has 1 heterocycles. The first kappa shape index (κ1) is 17.6. The third-order valence-electron chi connectivity index (χ3n) is 3.12. The number of hydrogen-bond acceptors (Lipinski definition) is 2. The lowest BCUT2D eigenvalue weighted by Gasteiger charge is -2.20. The van der Waals surface area contributed by atoms with E-state index in [2.05, 4.69) is 5.32 Å². The van der Waals surface area contributed by atoms with E-state index in [1.54, 1.807) is 12.1 Å². The number of halogens is 4. The highest BCUT2D eigenvalue weighted by atomic mass is 35.5. The molecular formula is C15H14ClF3N2OS. The molecule has 0 aliphatic rings. The van der Waals surface area contributed by atoms with E-state index in [-0.39, 0.29) is 18.7 Å². The first-order chi connectivity index (χ1) is 10.8. The number of hydrogen-bond donors (Lipinski definition) is 1. The first-order valence-electron chi connectivity index (χ1n) is 6.65. The molecule has 0 spiro atoms. The fourth-order valence-electron chi connectivity index (χ4n) is 2.01. The molecule has 1 aromatic carbocycles.